The second-order valence-corrected chi connectivity index (χ2v) is 5.66. The van der Waals surface area contributed by atoms with Crippen molar-refractivity contribution in [2.75, 3.05) is 16.8 Å². The van der Waals surface area contributed by atoms with E-state index in [2.05, 4.69) is 5.32 Å². The summed E-state index contributed by atoms with van der Waals surface area (Å²) in [4.78, 5) is 25.9. The summed E-state index contributed by atoms with van der Waals surface area (Å²) in [7, 11) is 0. The Kier molecular flexibility index (Phi) is 4.48. The van der Waals surface area contributed by atoms with Crippen LogP contribution in [0.15, 0.2) is 48.5 Å². The van der Waals surface area contributed by atoms with Crippen molar-refractivity contribution >= 4 is 23.2 Å². The molecule has 4 nitrogen and oxygen atoms in total. The zero-order valence-electron chi connectivity index (χ0n) is 13.1. The number of anilines is 2. The second-order valence-electron chi connectivity index (χ2n) is 5.66. The first kappa shape index (κ1) is 17.0. The highest BCUT2D eigenvalue weighted by Crippen LogP contribution is 2.33. The predicted octanol–water partition coefficient (Wildman–Crippen LogP) is 4.08. The molecule has 130 valence electrons. The zero-order valence-corrected chi connectivity index (χ0v) is 13.1. The normalized spacial score (nSPS) is 14.7. The lowest BCUT2D eigenvalue weighted by Crippen LogP contribution is -2.26. The first-order valence-corrected chi connectivity index (χ1v) is 7.75. The van der Waals surface area contributed by atoms with Crippen LogP contribution < -0.4 is 10.2 Å². The summed E-state index contributed by atoms with van der Waals surface area (Å²) < 4.78 is 39.3. The summed E-state index contributed by atoms with van der Waals surface area (Å²) in [5.74, 6) is -0.940. The Bertz CT molecular complexity index is 818. The van der Waals surface area contributed by atoms with Gasteiger partial charge in [-0.25, -0.2) is 0 Å². The highest BCUT2D eigenvalue weighted by Gasteiger charge is 2.35. The Morgan fingerprint density at radius 3 is 2.40 bits per heavy atom. The molecule has 1 aliphatic rings. The fourth-order valence-electron chi connectivity index (χ4n) is 2.84. The van der Waals surface area contributed by atoms with E-state index in [1.54, 1.807) is 24.3 Å². The van der Waals surface area contributed by atoms with Crippen LogP contribution in [0.25, 0.3) is 0 Å². The maximum Gasteiger partial charge on any atom is 0.417 e. The highest BCUT2D eigenvalue weighted by molar-refractivity contribution is 6.08. The number of halogens is 3. The van der Waals surface area contributed by atoms with E-state index in [1.807, 2.05) is 0 Å². The summed E-state index contributed by atoms with van der Waals surface area (Å²) in [5.41, 5.74) is -0.664. The van der Waals surface area contributed by atoms with Crippen LogP contribution in [0.2, 0.25) is 0 Å². The Morgan fingerprint density at radius 1 is 1.04 bits per heavy atom. The number of carbonyl (C=O) groups excluding carboxylic acids is 2. The number of alkyl halides is 3. The number of amides is 2. The molecule has 2 amide bonds. The number of benzene rings is 2. The molecule has 0 aromatic heterocycles. The molecule has 3 rings (SSSR count). The van der Waals surface area contributed by atoms with Gasteiger partial charge in [0.1, 0.15) is 0 Å². The first-order valence-electron chi connectivity index (χ1n) is 7.75. The van der Waals surface area contributed by atoms with Gasteiger partial charge in [-0.3, -0.25) is 9.59 Å². The molecule has 7 heteroatoms. The molecular formula is C18H15F3N2O2. The van der Waals surface area contributed by atoms with E-state index in [-0.39, 0.29) is 5.91 Å². The van der Waals surface area contributed by atoms with Crippen LogP contribution >= 0.6 is 0 Å². The molecule has 0 unspecified atom stereocenters. The van der Waals surface area contributed by atoms with Gasteiger partial charge >= 0.3 is 6.18 Å². The number of nitrogens with zero attached hydrogens (tertiary/aromatic N) is 1. The van der Waals surface area contributed by atoms with Crippen LogP contribution in [0.4, 0.5) is 24.5 Å². The number of para-hydroxylation sites is 2. The molecule has 0 aliphatic carbocycles. The van der Waals surface area contributed by atoms with Crippen LogP contribution in [0.1, 0.15) is 28.8 Å². The third kappa shape index (κ3) is 3.50. The highest BCUT2D eigenvalue weighted by atomic mass is 19.4. The van der Waals surface area contributed by atoms with Crippen molar-refractivity contribution in [3.8, 4) is 0 Å². The molecule has 1 heterocycles. The molecule has 0 bridgehead atoms. The lowest BCUT2D eigenvalue weighted by Gasteiger charge is -2.20. The maximum atomic E-state index is 13.1. The van der Waals surface area contributed by atoms with Crippen LogP contribution in [-0.4, -0.2) is 18.4 Å². The van der Waals surface area contributed by atoms with E-state index in [0.717, 1.165) is 12.1 Å². The van der Waals surface area contributed by atoms with Crippen LogP contribution in [0, 0.1) is 0 Å². The lowest BCUT2D eigenvalue weighted by atomic mass is 10.1. The number of nitrogens with one attached hydrogen (secondary N) is 1. The Labute approximate surface area is 142 Å². The lowest BCUT2D eigenvalue weighted by molar-refractivity contribution is -0.137. The molecule has 0 radical (unpaired) electrons. The Hall–Kier alpha value is -2.83. The van der Waals surface area contributed by atoms with Crippen molar-refractivity contribution in [2.24, 2.45) is 0 Å². The van der Waals surface area contributed by atoms with Gasteiger partial charge in [0.05, 0.1) is 22.5 Å². The van der Waals surface area contributed by atoms with Gasteiger partial charge in [-0.15, -0.1) is 0 Å². The molecule has 0 saturated carbocycles. The molecule has 2 aromatic rings. The van der Waals surface area contributed by atoms with Gasteiger partial charge in [-0.2, -0.15) is 13.2 Å². The minimum absolute atomic E-state index is 0.0719. The second kappa shape index (κ2) is 6.58. The molecule has 1 aliphatic heterocycles. The summed E-state index contributed by atoms with van der Waals surface area (Å²) in [6, 6.07) is 11.2. The molecule has 0 atom stereocenters. The number of rotatable bonds is 3. The smallest absolute Gasteiger partial charge is 0.320 e. The van der Waals surface area contributed by atoms with Crippen molar-refractivity contribution in [3.63, 3.8) is 0 Å². The van der Waals surface area contributed by atoms with Gasteiger partial charge in [-0.1, -0.05) is 24.3 Å². The first-order chi connectivity index (χ1) is 11.9. The predicted molar refractivity (Wildman–Crippen MR) is 87.4 cm³/mol. The van der Waals surface area contributed by atoms with E-state index < -0.39 is 23.2 Å². The number of hydrogen-bond donors (Lipinski definition) is 1. The molecular weight excluding hydrogens is 333 g/mol. The minimum Gasteiger partial charge on any atom is -0.320 e. The fourth-order valence-corrected chi connectivity index (χ4v) is 2.84. The summed E-state index contributed by atoms with van der Waals surface area (Å²) in [6.45, 7) is 0.519. The third-order valence-corrected chi connectivity index (χ3v) is 3.99. The fraction of sp³-hybridized carbons (Fsp3) is 0.222. The van der Waals surface area contributed by atoms with Gasteiger partial charge in [0, 0.05) is 13.0 Å². The van der Waals surface area contributed by atoms with E-state index >= 15 is 0 Å². The van der Waals surface area contributed by atoms with E-state index in [0.29, 0.717) is 30.8 Å². The zero-order chi connectivity index (χ0) is 18.0. The van der Waals surface area contributed by atoms with Crippen LogP contribution in [0.5, 0.6) is 0 Å². The topological polar surface area (TPSA) is 49.4 Å². The maximum absolute atomic E-state index is 13.1. The monoisotopic (exact) mass is 348 g/mol. The van der Waals surface area contributed by atoms with Gasteiger partial charge in [0.15, 0.2) is 0 Å². The Morgan fingerprint density at radius 2 is 1.72 bits per heavy atom. The van der Waals surface area contributed by atoms with Crippen molar-refractivity contribution in [1.82, 2.24) is 0 Å². The van der Waals surface area contributed by atoms with Gasteiger partial charge in [0.25, 0.3) is 5.91 Å². The third-order valence-electron chi connectivity index (χ3n) is 3.99. The largest absolute Gasteiger partial charge is 0.417 e. The van der Waals surface area contributed by atoms with Crippen molar-refractivity contribution in [3.05, 3.63) is 59.7 Å². The minimum atomic E-state index is -4.63. The van der Waals surface area contributed by atoms with E-state index in [1.165, 1.54) is 17.0 Å². The van der Waals surface area contributed by atoms with E-state index in [4.69, 9.17) is 0 Å². The number of carbonyl (C=O) groups is 2. The average Bonchev–Trinajstić information content (AvgIpc) is 3.00. The Balaban J connectivity index is 1.92. The summed E-state index contributed by atoms with van der Waals surface area (Å²) in [6.07, 6.45) is -3.50. The average molecular weight is 348 g/mol. The number of hydrogen-bond acceptors (Lipinski definition) is 2. The molecule has 0 spiro atoms. The molecule has 1 saturated heterocycles. The summed E-state index contributed by atoms with van der Waals surface area (Å²) in [5, 5.41) is 2.50. The van der Waals surface area contributed by atoms with Gasteiger partial charge in [0.2, 0.25) is 5.91 Å². The van der Waals surface area contributed by atoms with Crippen molar-refractivity contribution in [1.29, 1.82) is 0 Å². The van der Waals surface area contributed by atoms with Gasteiger partial charge < -0.3 is 10.2 Å². The molecule has 25 heavy (non-hydrogen) atoms. The SMILES string of the molecule is O=C(Nc1ccccc1N1CCCC1=O)c1ccccc1C(F)(F)F. The molecule has 1 fully saturated rings. The molecule has 2 aromatic carbocycles. The van der Waals surface area contributed by atoms with Crippen LogP contribution in [0.3, 0.4) is 0 Å². The van der Waals surface area contributed by atoms with Gasteiger partial charge in [-0.05, 0) is 30.7 Å². The standard InChI is InChI=1S/C18H15F3N2O2/c19-18(20,21)13-7-2-1-6-12(13)17(25)22-14-8-3-4-9-15(14)23-11-5-10-16(23)24/h1-4,6-9H,5,10-11H2,(H,22,25). The quantitative estimate of drug-likeness (QED) is 0.908. The van der Waals surface area contributed by atoms with Crippen molar-refractivity contribution in [2.45, 2.75) is 19.0 Å². The van der Waals surface area contributed by atoms with E-state index in [9.17, 15) is 22.8 Å². The van der Waals surface area contributed by atoms with Crippen molar-refractivity contribution < 1.29 is 22.8 Å². The van der Waals surface area contributed by atoms with Crippen LogP contribution in [-0.2, 0) is 11.0 Å². The summed E-state index contributed by atoms with van der Waals surface area (Å²) >= 11 is 0. The molecule has 1 N–H and O–H groups in total.